The van der Waals surface area contributed by atoms with Crippen molar-refractivity contribution >= 4 is 32.6 Å². The molecule has 7 nitrogen and oxygen atoms in total. The van der Waals surface area contributed by atoms with Crippen LogP contribution < -0.4 is 4.72 Å². The Hall–Kier alpha value is -2.84. The number of carbonyl (C=O) groups excluding carboxylic acids is 1. The second kappa shape index (κ2) is 8.26. The number of esters is 1. The number of ether oxygens (including phenoxy) is 2. The number of rotatable bonds is 7. The summed E-state index contributed by atoms with van der Waals surface area (Å²) >= 11 is 0. The fourth-order valence-corrected chi connectivity index (χ4v) is 4.41. The molecule has 0 atom stereocenters. The normalized spacial score (nSPS) is 11.6. The molecule has 0 radical (unpaired) electrons. The van der Waals surface area contributed by atoms with Crippen LogP contribution in [0.3, 0.4) is 0 Å². The van der Waals surface area contributed by atoms with E-state index in [0.717, 1.165) is 5.56 Å². The Labute approximate surface area is 169 Å². The van der Waals surface area contributed by atoms with Gasteiger partial charge in [0.25, 0.3) is 10.0 Å². The van der Waals surface area contributed by atoms with Crippen LogP contribution in [0.1, 0.15) is 27.2 Å². The average Bonchev–Trinajstić information content (AvgIpc) is 2.98. The van der Waals surface area contributed by atoms with Gasteiger partial charge in [0.15, 0.2) is 0 Å². The fourth-order valence-electron chi connectivity index (χ4n) is 3.03. The number of fused-ring (bicyclic) bond motifs is 1. The molecule has 3 aromatic rings. The number of benzene rings is 2. The summed E-state index contributed by atoms with van der Waals surface area (Å²) < 4.78 is 44.0. The van der Waals surface area contributed by atoms with Gasteiger partial charge in [-0.3, -0.25) is 4.72 Å². The van der Waals surface area contributed by atoms with E-state index in [0.29, 0.717) is 28.0 Å². The zero-order chi connectivity index (χ0) is 21.2. The van der Waals surface area contributed by atoms with Crippen molar-refractivity contribution < 1.29 is 27.1 Å². The van der Waals surface area contributed by atoms with Crippen LogP contribution in [0, 0.1) is 20.8 Å². The van der Waals surface area contributed by atoms with Crippen molar-refractivity contribution in [2.75, 3.05) is 25.0 Å². The molecule has 1 heterocycles. The van der Waals surface area contributed by atoms with Crippen molar-refractivity contribution in [1.29, 1.82) is 0 Å². The summed E-state index contributed by atoms with van der Waals surface area (Å²) in [5.41, 5.74) is 2.55. The van der Waals surface area contributed by atoms with Crippen molar-refractivity contribution in [3.8, 4) is 0 Å². The van der Waals surface area contributed by atoms with Gasteiger partial charge in [-0.2, -0.15) is 0 Å². The molecule has 0 aliphatic heterocycles. The minimum atomic E-state index is -3.79. The van der Waals surface area contributed by atoms with Gasteiger partial charge in [-0.15, -0.1) is 0 Å². The summed E-state index contributed by atoms with van der Waals surface area (Å²) in [6.07, 6.45) is 0. The molecule has 3 rings (SSSR count). The minimum Gasteiger partial charge on any atom is -0.460 e. The molecule has 1 N–H and O–H groups in total. The number of anilines is 1. The van der Waals surface area contributed by atoms with Crippen LogP contribution in [0.25, 0.3) is 11.0 Å². The molecule has 0 saturated heterocycles. The molecule has 2 aromatic carbocycles. The standard InChI is InChI=1S/C21H23NO6S/c1-13-5-6-14(2)19(11-13)29(24,25)22-16-7-8-18-17(12-16)20(15(3)28-18)21(23)27-10-9-26-4/h5-8,11-12,22H,9-10H2,1-4H3. The van der Waals surface area contributed by atoms with Gasteiger partial charge >= 0.3 is 5.97 Å². The Balaban J connectivity index is 1.96. The first-order valence-electron chi connectivity index (χ1n) is 9.02. The third kappa shape index (κ3) is 4.44. The number of furan rings is 1. The van der Waals surface area contributed by atoms with Gasteiger partial charge in [0.2, 0.25) is 0 Å². The Morgan fingerprint density at radius 1 is 1.07 bits per heavy atom. The third-order valence-electron chi connectivity index (χ3n) is 4.47. The van der Waals surface area contributed by atoms with Gasteiger partial charge in [-0.1, -0.05) is 12.1 Å². The number of hydrogen-bond donors (Lipinski definition) is 1. The van der Waals surface area contributed by atoms with Crippen molar-refractivity contribution in [3.63, 3.8) is 0 Å². The van der Waals surface area contributed by atoms with E-state index in [2.05, 4.69) is 4.72 Å². The summed E-state index contributed by atoms with van der Waals surface area (Å²) in [6.45, 7) is 5.62. The highest BCUT2D eigenvalue weighted by Gasteiger charge is 2.22. The van der Waals surface area contributed by atoms with Gasteiger partial charge in [0.05, 0.1) is 11.5 Å². The molecule has 1 aromatic heterocycles. The predicted octanol–water partition coefficient (Wildman–Crippen LogP) is 3.96. The molecule has 0 fully saturated rings. The first kappa shape index (κ1) is 20.9. The van der Waals surface area contributed by atoms with E-state index < -0.39 is 16.0 Å². The summed E-state index contributed by atoms with van der Waals surface area (Å²) in [4.78, 5) is 12.6. The maximum Gasteiger partial charge on any atom is 0.342 e. The largest absolute Gasteiger partial charge is 0.460 e. The fraction of sp³-hybridized carbons (Fsp3) is 0.286. The second-order valence-electron chi connectivity index (χ2n) is 6.75. The van der Waals surface area contributed by atoms with E-state index in [-0.39, 0.29) is 23.7 Å². The molecule has 0 spiro atoms. The van der Waals surface area contributed by atoms with Crippen molar-refractivity contribution in [2.45, 2.75) is 25.7 Å². The minimum absolute atomic E-state index is 0.112. The topological polar surface area (TPSA) is 94.8 Å². The molecular formula is C21H23NO6S. The number of carbonyl (C=O) groups is 1. The Kier molecular flexibility index (Phi) is 5.95. The SMILES string of the molecule is COCCOC(=O)c1c(C)oc2ccc(NS(=O)(=O)c3cc(C)ccc3C)cc12. The monoisotopic (exact) mass is 417 g/mol. The van der Waals surface area contributed by atoms with Gasteiger partial charge in [-0.05, 0) is 56.2 Å². The van der Waals surface area contributed by atoms with Gasteiger partial charge in [0, 0.05) is 18.2 Å². The zero-order valence-electron chi connectivity index (χ0n) is 16.7. The summed E-state index contributed by atoms with van der Waals surface area (Å²) in [6, 6.07) is 10.0. The van der Waals surface area contributed by atoms with E-state index in [1.807, 2.05) is 13.0 Å². The highest BCUT2D eigenvalue weighted by Crippen LogP contribution is 2.30. The van der Waals surface area contributed by atoms with E-state index >= 15 is 0 Å². The smallest absolute Gasteiger partial charge is 0.342 e. The summed E-state index contributed by atoms with van der Waals surface area (Å²) in [5, 5.41) is 0.478. The first-order valence-corrected chi connectivity index (χ1v) is 10.5. The molecule has 29 heavy (non-hydrogen) atoms. The maximum absolute atomic E-state index is 12.9. The van der Waals surface area contributed by atoms with Crippen LogP contribution in [0.4, 0.5) is 5.69 Å². The van der Waals surface area contributed by atoms with Crippen LogP contribution >= 0.6 is 0 Å². The highest BCUT2D eigenvalue weighted by atomic mass is 32.2. The Morgan fingerprint density at radius 3 is 2.55 bits per heavy atom. The van der Waals surface area contributed by atoms with Crippen LogP contribution in [0.2, 0.25) is 0 Å². The lowest BCUT2D eigenvalue weighted by Crippen LogP contribution is -2.14. The third-order valence-corrected chi connectivity index (χ3v) is 6.00. The molecule has 154 valence electrons. The quantitative estimate of drug-likeness (QED) is 0.462. The molecule has 0 amide bonds. The Bertz CT molecular complexity index is 1160. The Morgan fingerprint density at radius 2 is 1.83 bits per heavy atom. The lowest BCUT2D eigenvalue weighted by Gasteiger charge is -2.11. The predicted molar refractivity (Wildman–Crippen MR) is 110 cm³/mol. The lowest BCUT2D eigenvalue weighted by molar-refractivity contribution is 0.0388. The molecule has 0 aliphatic rings. The van der Waals surface area contributed by atoms with E-state index in [1.165, 1.54) is 7.11 Å². The van der Waals surface area contributed by atoms with Gasteiger partial charge < -0.3 is 13.9 Å². The van der Waals surface area contributed by atoms with Crippen LogP contribution in [0.15, 0.2) is 45.7 Å². The van der Waals surface area contributed by atoms with E-state index in [1.54, 1.807) is 44.2 Å². The van der Waals surface area contributed by atoms with Crippen LogP contribution in [0.5, 0.6) is 0 Å². The number of nitrogens with one attached hydrogen (secondary N) is 1. The average molecular weight is 417 g/mol. The molecule has 0 saturated carbocycles. The van der Waals surface area contributed by atoms with Crippen LogP contribution in [-0.4, -0.2) is 34.7 Å². The molecule has 0 bridgehead atoms. The zero-order valence-corrected chi connectivity index (χ0v) is 17.6. The van der Waals surface area contributed by atoms with Crippen molar-refractivity contribution in [1.82, 2.24) is 0 Å². The molecule has 0 unspecified atom stereocenters. The van der Waals surface area contributed by atoms with Crippen molar-refractivity contribution in [2.24, 2.45) is 0 Å². The van der Waals surface area contributed by atoms with E-state index in [9.17, 15) is 13.2 Å². The maximum atomic E-state index is 12.9. The molecule has 8 heteroatoms. The van der Waals surface area contributed by atoms with Gasteiger partial charge in [-0.25, -0.2) is 13.2 Å². The van der Waals surface area contributed by atoms with Gasteiger partial charge in [0.1, 0.15) is 23.5 Å². The molecule has 0 aliphatic carbocycles. The number of aryl methyl sites for hydroxylation is 3. The number of sulfonamides is 1. The molecular weight excluding hydrogens is 394 g/mol. The summed E-state index contributed by atoms with van der Waals surface area (Å²) in [7, 11) is -2.28. The highest BCUT2D eigenvalue weighted by molar-refractivity contribution is 7.92. The van der Waals surface area contributed by atoms with E-state index in [4.69, 9.17) is 13.9 Å². The number of hydrogen-bond acceptors (Lipinski definition) is 6. The second-order valence-corrected chi connectivity index (χ2v) is 8.40. The first-order chi connectivity index (χ1) is 13.7. The van der Waals surface area contributed by atoms with Crippen molar-refractivity contribution in [3.05, 3.63) is 58.8 Å². The number of methoxy groups -OCH3 is 1. The van der Waals surface area contributed by atoms with Crippen LogP contribution in [-0.2, 0) is 19.5 Å². The lowest BCUT2D eigenvalue weighted by atomic mass is 10.1. The summed E-state index contributed by atoms with van der Waals surface area (Å²) in [5.74, 6) is -0.148.